The lowest BCUT2D eigenvalue weighted by atomic mass is 10.0. The lowest BCUT2D eigenvalue weighted by Gasteiger charge is -2.06. The summed E-state index contributed by atoms with van der Waals surface area (Å²) in [6.45, 7) is 6.49. The molecule has 0 spiro atoms. The summed E-state index contributed by atoms with van der Waals surface area (Å²) in [5.74, 6) is 3.02. The average Bonchev–Trinajstić information content (AvgIpc) is 2.86. The maximum Gasteiger partial charge on any atom is 0.106 e. The van der Waals surface area contributed by atoms with Crippen LogP contribution < -0.4 is 0 Å². The van der Waals surface area contributed by atoms with Gasteiger partial charge in [-0.05, 0) is 23.6 Å². The molecule has 0 N–H and O–H groups in total. The van der Waals surface area contributed by atoms with E-state index in [2.05, 4.69) is 44.2 Å². The Balaban J connectivity index is 2.05. The average molecular weight is 232 g/mol. The first-order valence-electron chi connectivity index (χ1n) is 6.13. The van der Waals surface area contributed by atoms with Crippen molar-refractivity contribution >= 4 is 0 Å². The summed E-state index contributed by atoms with van der Waals surface area (Å²) >= 11 is 0. The molecule has 0 saturated carbocycles. The van der Waals surface area contributed by atoms with Gasteiger partial charge < -0.3 is 4.42 Å². The Morgan fingerprint density at radius 2 is 2.06 bits per heavy atom. The molecule has 2 aromatic heterocycles. The van der Waals surface area contributed by atoms with Crippen LogP contribution in [0.2, 0.25) is 0 Å². The van der Waals surface area contributed by atoms with Gasteiger partial charge in [0.25, 0.3) is 0 Å². The van der Waals surface area contributed by atoms with Gasteiger partial charge in [-0.15, -0.1) is 0 Å². The first-order chi connectivity index (χ1) is 8.06. The molecule has 17 heavy (non-hydrogen) atoms. The maximum atomic E-state index is 5.82. The summed E-state index contributed by atoms with van der Waals surface area (Å²) in [7, 11) is 1.94. The van der Waals surface area contributed by atoms with Gasteiger partial charge in [-0.3, -0.25) is 4.68 Å². The Kier molecular flexibility index (Phi) is 3.36. The molecule has 3 heteroatoms. The summed E-state index contributed by atoms with van der Waals surface area (Å²) in [5.41, 5.74) is 1.26. The first kappa shape index (κ1) is 12.0. The third-order valence-corrected chi connectivity index (χ3v) is 3.05. The summed E-state index contributed by atoms with van der Waals surface area (Å²) in [6, 6.07) is 4.16. The van der Waals surface area contributed by atoms with E-state index in [1.54, 1.807) is 0 Å². The number of furan rings is 1. The van der Waals surface area contributed by atoms with E-state index in [0.717, 1.165) is 17.9 Å². The molecule has 1 atom stereocenters. The van der Waals surface area contributed by atoms with Crippen molar-refractivity contribution in [2.75, 3.05) is 0 Å². The minimum absolute atomic E-state index is 0.440. The largest absolute Gasteiger partial charge is 0.466 e. The zero-order valence-electron chi connectivity index (χ0n) is 11.0. The third kappa shape index (κ3) is 2.78. The van der Waals surface area contributed by atoms with Crippen molar-refractivity contribution in [3.05, 3.63) is 41.6 Å². The summed E-state index contributed by atoms with van der Waals surface area (Å²) in [5, 5.41) is 4.20. The van der Waals surface area contributed by atoms with E-state index in [9.17, 15) is 0 Å². The van der Waals surface area contributed by atoms with Gasteiger partial charge >= 0.3 is 0 Å². The van der Waals surface area contributed by atoms with Gasteiger partial charge in [-0.25, -0.2) is 0 Å². The molecule has 1 unspecified atom stereocenters. The molecule has 0 aliphatic carbocycles. The Labute approximate surface area is 102 Å². The lowest BCUT2D eigenvalue weighted by molar-refractivity contribution is 0.438. The summed E-state index contributed by atoms with van der Waals surface area (Å²) < 4.78 is 7.66. The number of rotatable bonds is 4. The number of hydrogen-bond acceptors (Lipinski definition) is 2. The molecule has 0 aliphatic rings. The van der Waals surface area contributed by atoms with Gasteiger partial charge in [0.05, 0.1) is 6.20 Å². The van der Waals surface area contributed by atoms with Gasteiger partial charge in [0.1, 0.15) is 11.5 Å². The van der Waals surface area contributed by atoms with Gasteiger partial charge in [0.2, 0.25) is 0 Å². The fourth-order valence-electron chi connectivity index (χ4n) is 1.93. The van der Waals surface area contributed by atoms with Gasteiger partial charge in [0.15, 0.2) is 0 Å². The van der Waals surface area contributed by atoms with Crippen molar-refractivity contribution in [2.24, 2.45) is 7.05 Å². The van der Waals surface area contributed by atoms with Crippen molar-refractivity contribution in [1.82, 2.24) is 9.78 Å². The standard InChI is InChI=1S/C14H20N2O/c1-10(2)14-6-5-13(17-14)7-11(3)12-8-15-16(4)9-12/h5-6,8-11H,7H2,1-4H3. The van der Waals surface area contributed by atoms with Crippen molar-refractivity contribution in [1.29, 1.82) is 0 Å². The first-order valence-corrected chi connectivity index (χ1v) is 6.13. The second kappa shape index (κ2) is 4.78. The molecule has 2 aromatic rings. The molecule has 0 aliphatic heterocycles. The molecule has 2 rings (SSSR count). The smallest absolute Gasteiger partial charge is 0.106 e. The van der Waals surface area contributed by atoms with E-state index in [4.69, 9.17) is 4.42 Å². The van der Waals surface area contributed by atoms with Crippen LogP contribution in [-0.4, -0.2) is 9.78 Å². The van der Waals surface area contributed by atoms with Gasteiger partial charge in [0, 0.05) is 25.6 Å². The molecule has 0 bridgehead atoms. The number of nitrogens with zero attached hydrogens (tertiary/aromatic N) is 2. The van der Waals surface area contributed by atoms with E-state index in [0.29, 0.717) is 11.8 Å². The molecule has 0 radical (unpaired) electrons. The van der Waals surface area contributed by atoms with Gasteiger partial charge in [-0.1, -0.05) is 20.8 Å². The maximum absolute atomic E-state index is 5.82. The SMILES string of the molecule is CC(C)c1ccc(CC(C)c2cnn(C)c2)o1. The minimum Gasteiger partial charge on any atom is -0.466 e. The van der Waals surface area contributed by atoms with E-state index in [1.807, 2.05) is 17.9 Å². The second-order valence-corrected chi connectivity index (χ2v) is 5.01. The summed E-state index contributed by atoms with van der Waals surface area (Å²) in [4.78, 5) is 0. The highest BCUT2D eigenvalue weighted by Gasteiger charge is 2.12. The molecule has 0 amide bonds. The molecule has 0 fully saturated rings. The topological polar surface area (TPSA) is 31.0 Å². The van der Waals surface area contributed by atoms with Crippen molar-refractivity contribution in [3.63, 3.8) is 0 Å². The highest BCUT2D eigenvalue weighted by Crippen LogP contribution is 2.23. The van der Waals surface area contributed by atoms with E-state index < -0.39 is 0 Å². The van der Waals surface area contributed by atoms with Crippen LogP contribution in [0.5, 0.6) is 0 Å². The Hall–Kier alpha value is -1.51. The summed E-state index contributed by atoms with van der Waals surface area (Å²) in [6.07, 6.45) is 4.92. The molecule has 3 nitrogen and oxygen atoms in total. The molecule has 0 aromatic carbocycles. The number of aromatic nitrogens is 2. The normalized spacial score (nSPS) is 13.2. The van der Waals surface area contributed by atoms with E-state index in [-0.39, 0.29) is 0 Å². The van der Waals surface area contributed by atoms with Crippen LogP contribution in [0.25, 0.3) is 0 Å². The highest BCUT2D eigenvalue weighted by molar-refractivity contribution is 5.16. The minimum atomic E-state index is 0.440. The zero-order valence-corrected chi connectivity index (χ0v) is 11.0. The third-order valence-electron chi connectivity index (χ3n) is 3.05. The van der Waals surface area contributed by atoms with E-state index >= 15 is 0 Å². The van der Waals surface area contributed by atoms with Crippen LogP contribution in [0, 0.1) is 0 Å². The van der Waals surface area contributed by atoms with Crippen LogP contribution >= 0.6 is 0 Å². The molecular formula is C14H20N2O. The monoisotopic (exact) mass is 232 g/mol. The van der Waals surface area contributed by atoms with Crippen molar-refractivity contribution in [2.45, 2.75) is 39.0 Å². The molecule has 2 heterocycles. The molecule has 92 valence electrons. The number of hydrogen-bond donors (Lipinski definition) is 0. The van der Waals surface area contributed by atoms with E-state index in [1.165, 1.54) is 5.56 Å². The van der Waals surface area contributed by atoms with Crippen LogP contribution in [0.15, 0.2) is 28.9 Å². The Bertz CT molecular complexity index is 482. The molecular weight excluding hydrogens is 212 g/mol. The van der Waals surface area contributed by atoms with Crippen molar-refractivity contribution < 1.29 is 4.42 Å². The Morgan fingerprint density at radius 1 is 1.29 bits per heavy atom. The predicted molar refractivity (Wildman–Crippen MR) is 68.1 cm³/mol. The number of aryl methyl sites for hydroxylation is 1. The van der Waals surface area contributed by atoms with Crippen LogP contribution in [0.4, 0.5) is 0 Å². The second-order valence-electron chi connectivity index (χ2n) is 5.01. The Morgan fingerprint density at radius 3 is 2.59 bits per heavy atom. The van der Waals surface area contributed by atoms with Crippen LogP contribution in [0.1, 0.15) is 49.7 Å². The lowest BCUT2D eigenvalue weighted by Crippen LogP contribution is -1.96. The highest BCUT2D eigenvalue weighted by atomic mass is 16.3. The van der Waals surface area contributed by atoms with Crippen LogP contribution in [0.3, 0.4) is 0 Å². The molecule has 0 saturated heterocycles. The van der Waals surface area contributed by atoms with Crippen molar-refractivity contribution in [3.8, 4) is 0 Å². The van der Waals surface area contributed by atoms with Gasteiger partial charge in [-0.2, -0.15) is 5.10 Å². The fourth-order valence-corrected chi connectivity index (χ4v) is 1.93. The zero-order chi connectivity index (χ0) is 12.4. The van der Waals surface area contributed by atoms with Crippen LogP contribution in [-0.2, 0) is 13.5 Å². The quantitative estimate of drug-likeness (QED) is 0.808. The fraction of sp³-hybridized carbons (Fsp3) is 0.500. The predicted octanol–water partition coefficient (Wildman–Crippen LogP) is 3.48.